The standard InChI is InChI=1S/2C22H22N2O8.C18H24O6.C16H13N.C11H5NO4.C10H10N2/c2*25-7-11-31-9-5-23-19(27)13-1-2-14-18-16(4-3-15(17(13)18)21(23)29)22(30)24(20(14)28)6-10-32-12-8-26;19-7-9-21-11-13-23-17-5-1-3-15-16(17)4-2-6-18(15)24-14-12-22-10-8-20;17-14-9-7-12-5-4-10-2-1-3-11-6-8-13(14)16(12)15(10)11;13-8-3-9(14)5-2-7-6(1-4(5)8)10(15)12-11(7)16;11-9-5-1-3-7-8(9)4-2-6-10(7)12/h2*1-4,25-26H,5-12H2;1-6,19-20H,7-14H2;1-6,8-9,15H,7,17H2;1-2H,3H2,(H,12,15,16);1-6H,11-12H2. The lowest BCUT2D eigenvalue weighted by Gasteiger charge is -2.36. The fraction of sp³-hybridized carbons (Fsp3) is 0.273. The molecule has 0 bridgehead atoms. The second-order valence-electron chi connectivity index (χ2n) is 30.9. The number of ketones is 2. The maximum atomic E-state index is 13.0. The Hall–Kier alpha value is -14.2. The van der Waals surface area contributed by atoms with Crippen molar-refractivity contribution < 1.29 is 126 Å². The number of hydrogen-bond acceptors (Lipinski definition) is 29. The molecule has 9 aromatic rings. The monoisotopic (exact) mass is 1810 g/mol. The van der Waals surface area contributed by atoms with Gasteiger partial charge in [-0.25, -0.2) is 0 Å². The zero-order chi connectivity index (χ0) is 94.1. The Labute approximate surface area is 760 Å². The van der Waals surface area contributed by atoms with Crippen LogP contribution in [0.15, 0.2) is 216 Å². The highest BCUT2D eigenvalue weighted by Crippen LogP contribution is 2.48. The van der Waals surface area contributed by atoms with Crippen LogP contribution in [0.3, 0.4) is 0 Å². The number of amides is 10. The van der Waals surface area contributed by atoms with Crippen molar-refractivity contribution in [1.82, 2.24) is 24.9 Å². The summed E-state index contributed by atoms with van der Waals surface area (Å²) >= 11 is 0. The molecule has 0 radical (unpaired) electrons. The number of carbonyl (C=O) groups is 12. The fourth-order valence-corrected chi connectivity index (χ4v) is 16.8. The maximum absolute atomic E-state index is 13.0. The maximum Gasteiger partial charge on any atom is 0.261 e. The Morgan fingerprint density at radius 3 is 1.00 bits per heavy atom. The van der Waals surface area contributed by atoms with Crippen LogP contribution in [0.5, 0.6) is 11.5 Å². The second-order valence-corrected chi connectivity index (χ2v) is 30.9. The number of aliphatic hydroxyl groups excluding tert-OH is 6. The first-order chi connectivity index (χ1) is 64.6. The van der Waals surface area contributed by atoms with E-state index < -0.39 is 59.1 Å². The molecular weight excluding hydrogens is 1720 g/mol. The third kappa shape index (κ3) is 20.0. The molecule has 1 atom stereocenters. The van der Waals surface area contributed by atoms with Crippen molar-refractivity contribution in [3.05, 3.63) is 282 Å². The molecule has 0 aromatic heterocycles. The molecule has 10 amide bonds. The highest BCUT2D eigenvalue weighted by Gasteiger charge is 2.43. The average Bonchev–Trinajstić information content (AvgIpc) is 1.26. The molecule has 0 fully saturated rings. The van der Waals surface area contributed by atoms with Crippen LogP contribution in [-0.4, -0.2) is 279 Å². The molecule has 0 saturated heterocycles. The second kappa shape index (κ2) is 43.7. The lowest BCUT2D eigenvalue weighted by Crippen LogP contribution is -2.45. The summed E-state index contributed by atoms with van der Waals surface area (Å²) in [4.78, 5) is 154. The number of benzene rings is 9. The number of hydrogen-bond donors (Lipinski definition) is 10. The quantitative estimate of drug-likeness (QED) is 0.00866. The highest BCUT2D eigenvalue weighted by atomic mass is 16.5. The summed E-state index contributed by atoms with van der Waals surface area (Å²) in [6, 6.07) is 37.8. The molecule has 9 aromatic carbocycles. The molecule has 5 aliphatic heterocycles. The third-order valence-electron chi connectivity index (χ3n) is 22.9. The number of allylic oxidation sites excluding steroid dienone is 12. The summed E-state index contributed by atoms with van der Waals surface area (Å²) in [6.07, 6.45) is 18.3. The van der Waals surface area contributed by atoms with E-state index >= 15 is 0 Å². The van der Waals surface area contributed by atoms with E-state index in [1.54, 1.807) is 0 Å². The highest BCUT2D eigenvalue weighted by molar-refractivity contribution is 6.35. The number of imide groups is 5. The molecule has 34 heteroatoms. The Kier molecular flexibility index (Phi) is 31.1. The van der Waals surface area contributed by atoms with E-state index in [9.17, 15) is 57.5 Å². The van der Waals surface area contributed by atoms with Gasteiger partial charge in [0.1, 0.15) is 24.7 Å². The number of Topliss-reactive ketones (excluding diaryl/α,β-unsaturated/α-hetero) is 2. The van der Waals surface area contributed by atoms with E-state index in [0.29, 0.717) is 67.1 Å². The number of anilines is 2. The van der Waals surface area contributed by atoms with E-state index in [1.807, 2.05) is 72.8 Å². The average molecular weight is 1810 g/mol. The number of rotatable bonds is 32. The molecule has 5 heterocycles. The minimum absolute atomic E-state index is 0.0109. The fourth-order valence-electron chi connectivity index (χ4n) is 16.8. The number of carbonyl (C=O) groups excluding carboxylic acids is 12. The van der Waals surface area contributed by atoms with Gasteiger partial charge >= 0.3 is 0 Å². The smallest absolute Gasteiger partial charge is 0.261 e. The van der Waals surface area contributed by atoms with Gasteiger partial charge in [-0.05, 0) is 114 Å². The summed E-state index contributed by atoms with van der Waals surface area (Å²) < 4.78 is 42.6. The number of nitrogens with zero attached hydrogens (tertiary/aromatic N) is 4. The topological polar surface area (TPSA) is 503 Å². The minimum atomic E-state index is -0.529. The Balaban J connectivity index is 0.000000132. The first-order valence-corrected chi connectivity index (χ1v) is 42.9. The van der Waals surface area contributed by atoms with E-state index in [-0.39, 0.29) is 203 Å². The van der Waals surface area contributed by atoms with E-state index in [4.69, 9.17) is 85.7 Å². The summed E-state index contributed by atoms with van der Waals surface area (Å²) in [5.41, 5.74) is 29.7. The van der Waals surface area contributed by atoms with E-state index in [1.165, 1.54) is 88.5 Å². The van der Waals surface area contributed by atoms with Gasteiger partial charge in [-0.1, -0.05) is 97.1 Å². The zero-order valence-electron chi connectivity index (χ0n) is 72.2. The van der Waals surface area contributed by atoms with Crippen LogP contribution in [0.1, 0.15) is 137 Å². The number of aliphatic hydroxyl groups is 6. The molecule has 10 aliphatic rings. The third-order valence-corrected chi connectivity index (χ3v) is 22.9. The number of nitrogens with one attached hydrogen (secondary N) is 1. The van der Waals surface area contributed by atoms with Crippen LogP contribution in [0, 0.1) is 5.92 Å². The normalized spacial score (nSPS) is 16.0. The van der Waals surface area contributed by atoms with Crippen LogP contribution in [-0.2, 0) is 28.4 Å². The molecule has 34 nitrogen and oxygen atoms in total. The summed E-state index contributed by atoms with van der Waals surface area (Å²) in [7, 11) is 0. The first kappa shape index (κ1) is 94.9. The van der Waals surface area contributed by atoms with Gasteiger partial charge in [0.25, 0.3) is 59.1 Å². The summed E-state index contributed by atoms with van der Waals surface area (Å²) in [6.45, 7) is 2.45. The molecule has 0 saturated carbocycles. The summed E-state index contributed by atoms with van der Waals surface area (Å²) in [5, 5.41) is 59.9. The molecule has 0 spiro atoms. The van der Waals surface area contributed by atoms with Crippen molar-refractivity contribution in [2.75, 3.05) is 170 Å². The van der Waals surface area contributed by atoms with Crippen molar-refractivity contribution in [2.45, 2.75) is 12.8 Å². The van der Waals surface area contributed by atoms with Gasteiger partial charge in [-0.2, -0.15) is 0 Å². The van der Waals surface area contributed by atoms with Gasteiger partial charge in [0, 0.05) is 127 Å². The lowest BCUT2D eigenvalue weighted by atomic mass is 9.68. The predicted molar refractivity (Wildman–Crippen MR) is 486 cm³/mol. The zero-order valence-corrected chi connectivity index (χ0v) is 72.2. The first-order valence-electron chi connectivity index (χ1n) is 42.9. The van der Waals surface area contributed by atoms with Crippen molar-refractivity contribution >= 4 is 125 Å². The van der Waals surface area contributed by atoms with Crippen LogP contribution in [0.25, 0.3) is 43.1 Å². The minimum Gasteiger partial charge on any atom is -0.491 e. The lowest BCUT2D eigenvalue weighted by molar-refractivity contribution is 0.0462. The van der Waals surface area contributed by atoms with E-state index in [0.717, 1.165) is 76.1 Å². The Morgan fingerprint density at radius 1 is 0.331 bits per heavy atom. The largest absolute Gasteiger partial charge is 0.491 e. The number of fused-ring (bicyclic) bond motifs is 4. The van der Waals surface area contributed by atoms with Crippen molar-refractivity contribution in [3.63, 3.8) is 0 Å². The molecular formula is C99H96N8O26. The molecule has 133 heavy (non-hydrogen) atoms. The van der Waals surface area contributed by atoms with Gasteiger partial charge < -0.3 is 85.7 Å². The van der Waals surface area contributed by atoms with E-state index in [2.05, 4.69) is 53.9 Å². The molecule has 5 aliphatic carbocycles. The van der Waals surface area contributed by atoms with Gasteiger partial charge in [0.15, 0.2) is 11.6 Å². The number of nitrogens with two attached hydrogens (primary N) is 3. The van der Waals surface area contributed by atoms with Gasteiger partial charge in [0.05, 0.1) is 163 Å². The Bertz CT molecular complexity index is 5740. The van der Waals surface area contributed by atoms with Crippen LogP contribution >= 0.6 is 0 Å². The SMILES string of the molecule is NC1=CCC2=CC=C3C=CC=C4C=CC1=C2C43.Nc1cccc2c(N)cccc12.O=C1CC(=O)c2cc3c(cc21)C(=O)NC3=O.O=C1c2ccc3c4c(ccc(c24)C(=O)N1CCOCCO)C(=O)N(CCOCCO)C3=O.O=C1c2ccc3c4c(ccc(c24)C(=O)N1CCOCCO)C(=O)N(CCOCCO)C3=O.OCCOCCOc1cccc2c(OCCOCCO)cccc12. The molecule has 19 rings (SSSR count). The van der Waals surface area contributed by atoms with Crippen LogP contribution in [0.2, 0.25) is 0 Å². The molecule has 1 unspecified atom stereocenters. The molecule has 13 N–H and O–H groups in total. The predicted octanol–water partition coefficient (Wildman–Crippen LogP) is 7.14. The van der Waals surface area contributed by atoms with Gasteiger partial charge in [0.2, 0.25) is 0 Å². The van der Waals surface area contributed by atoms with Crippen molar-refractivity contribution in [3.8, 4) is 11.5 Å². The van der Waals surface area contributed by atoms with Crippen LogP contribution < -0.4 is 32.0 Å². The number of ether oxygens (including phenoxy) is 8. The Morgan fingerprint density at radius 2 is 0.654 bits per heavy atom. The van der Waals surface area contributed by atoms with Gasteiger partial charge in [-0.3, -0.25) is 82.5 Å². The molecule has 688 valence electrons. The number of nitrogen functional groups attached to an aromatic ring is 2. The van der Waals surface area contributed by atoms with Gasteiger partial charge in [-0.15, -0.1) is 0 Å². The summed E-state index contributed by atoms with van der Waals surface area (Å²) in [5.74, 6) is -3.91. The van der Waals surface area contributed by atoms with Crippen molar-refractivity contribution in [2.24, 2.45) is 11.7 Å². The van der Waals surface area contributed by atoms with Crippen molar-refractivity contribution in [1.29, 1.82) is 0 Å². The van der Waals surface area contributed by atoms with Crippen LogP contribution in [0.4, 0.5) is 11.4 Å².